The first-order valence-electron chi connectivity index (χ1n) is 2.95. The van der Waals surface area contributed by atoms with Crippen LogP contribution in [0.3, 0.4) is 0 Å². The Morgan fingerprint density at radius 1 is 1.50 bits per heavy atom. The molecule has 0 aliphatic rings. The average molecular weight is 141 g/mol. The van der Waals surface area contributed by atoms with E-state index < -0.39 is 0 Å². The molecular weight excluding hydrogens is 130 g/mol. The predicted octanol–water partition coefficient (Wildman–Crippen LogP) is -0.537. The van der Waals surface area contributed by atoms with Crippen LogP contribution in [0.1, 0.15) is 0 Å². The molecule has 1 heterocycles. The molecule has 0 saturated heterocycles. The van der Waals surface area contributed by atoms with Gasteiger partial charge in [0.1, 0.15) is 0 Å². The fourth-order valence-electron chi connectivity index (χ4n) is 0.572. The van der Waals surface area contributed by atoms with Gasteiger partial charge in [-0.2, -0.15) is 4.98 Å². The number of nitrogens with zero attached hydrogens (tertiary/aromatic N) is 4. The third-order valence-electron chi connectivity index (χ3n) is 1.19. The molecule has 0 aliphatic carbocycles. The highest BCUT2D eigenvalue weighted by atomic mass is 15.4. The Kier molecular flexibility index (Phi) is 1.48. The average Bonchev–Trinajstić information content (AvgIpc) is 2.13. The lowest BCUT2D eigenvalue weighted by molar-refractivity contribution is 0.772. The quantitative estimate of drug-likeness (QED) is 0.570. The molecule has 2 N–H and O–H groups in total. The van der Waals surface area contributed by atoms with E-state index in [4.69, 9.17) is 5.73 Å². The molecule has 56 valence electrons. The van der Waals surface area contributed by atoms with Crippen LogP contribution >= 0.6 is 0 Å². The second-order valence-corrected chi connectivity index (χ2v) is 2.29. The fraction of sp³-hybridized carbons (Fsp3) is 0.600. The highest BCUT2D eigenvalue weighted by Crippen LogP contribution is 2.04. The maximum absolute atomic E-state index is 5.44. The van der Waals surface area contributed by atoms with Gasteiger partial charge in [0.2, 0.25) is 11.9 Å². The number of nitrogens with two attached hydrogens (primary N) is 1. The van der Waals surface area contributed by atoms with Crippen LogP contribution in [0.15, 0.2) is 0 Å². The van der Waals surface area contributed by atoms with Crippen molar-refractivity contribution in [1.29, 1.82) is 0 Å². The van der Waals surface area contributed by atoms with Gasteiger partial charge in [-0.15, -0.1) is 5.10 Å². The summed E-state index contributed by atoms with van der Waals surface area (Å²) in [5, 5.41) is 4.02. The second kappa shape index (κ2) is 2.17. The lowest BCUT2D eigenvalue weighted by Crippen LogP contribution is -2.10. The summed E-state index contributed by atoms with van der Waals surface area (Å²) < 4.78 is 1.54. The van der Waals surface area contributed by atoms with Crippen LogP contribution < -0.4 is 10.6 Å². The van der Waals surface area contributed by atoms with Crippen LogP contribution in [0.25, 0.3) is 0 Å². The molecule has 1 aromatic rings. The van der Waals surface area contributed by atoms with Crippen LogP contribution in [0.5, 0.6) is 0 Å². The van der Waals surface area contributed by atoms with E-state index in [0.717, 1.165) is 0 Å². The Hall–Kier alpha value is -1.26. The Morgan fingerprint density at radius 2 is 2.10 bits per heavy atom. The normalized spacial score (nSPS) is 9.90. The first-order valence-corrected chi connectivity index (χ1v) is 2.95. The van der Waals surface area contributed by atoms with Crippen molar-refractivity contribution in [3.05, 3.63) is 0 Å². The lowest BCUT2D eigenvalue weighted by Gasteiger charge is -2.03. The summed E-state index contributed by atoms with van der Waals surface area (Å²) in [6.07, 6.45) is 0. The Labute approximate surface area is 59.5 Å². The van der Waals surface area contributed by atoms with E-state index in [0.29, 0.717) is 11.9 Å². The zero-order valence-corrected chi connectivity index (χ0v) is 6.37. The van der Waals surface area contributed by atoms with Gasteiger partial charge in [0.05, 0.1) is 0 Å². The molecule has 0 amide bonds. The fourth-order valence-corrected chi connectivity index (χ4v) is 0.572. The van der Waals surface area contributed by atoms with Crippen molar-refractivity contribution in [1.82, 2.24) is 14.8 Å². The number of hydrogen-bond acceptors (Lipinski definition) is 4. The number of aryl methyl sites for hydroxylation is 1. The highest BCUT2D eigenvalue weighted by Gasteiger charge is 2.03. The molecule has 0 saturated carbocycles. The van der Waals surface area contributed by atoms with Gasteiger partial charge in [0, 0.05) is 21.1 Å². The SMILES string of the molecule is CN(C)c1nc(N)n(C)n1. The van der Waals surface area contributed by atoms with E-state index in [1.54, 1.807) is 11.9 Å². The third kappa shape index (κ3) is 1.02. The van der Waals surface area contributed by atoms with E-state index in [-0.39, 0.29) is 0 Å². The number of aromatic nitrogens is 3. The first kappa shape index (κ1) is 6.85. The minimum atomic E-state index is 0.434. The van der Waals surface area contributed by atoms with E-state index in [9.17, 15) is 0 Å². The molecule has 1 rings (SSSR count). The molecule has 0 atom stereocenters. The molecule has 5 nitrogen and oxygen atoms in total. The maximum Gasteiger partial charge on any atom is 0.246 e. The van der Waals surface area contributed by atoms with Crippen molar-refractivity contribution in [2.45, 2.75) is 0 Å². The molecule has 5 heteroatoms. The molecule has 0 spiro atoms. The molecular formula is C5H11N5. The summed E-state index contributed by atoms with van der Waals surface area (Å²) >= 11 is 0. The van der Waals surface area contributed by atoms with Gasteiger partial charge in [-0.05, 0) is 0 Å². The largest absolute Gasteiger partial charge is 0.368 e. The summed E-state index contributed by atoms with van der Waals surface area (Å²) in [6.45, 7) is 0. The predicted molar refractivity (Wildman–Crippen MR) is 39.7 cm³/mol. The number of hydrogen-bond donors (Lipinski definition) is 1. The van der Waals surface area contributed by atoms with Crippen molar-refractivity contribution in [3.8, 4) is 0 Å². The van der Waals surface area contributed by atoms with Crippen LogP contribution in [-0.2, 0) is 7.05 Å². The second-order valence-electron chi connectivity index (χ2n) is 2.29. The minimum Gasteiger partial charge on any atom is -0.368 e. The van der Waals surface area contributed by atoms with Gasteiger partial charge in [0.25, 0.3) is 0 Å². The summed E-state index contributed by atoms with van der Waals surface area (Å²) in [4.78, 5) is 5.77. The summed E-state index contributed by atoms with van der Waals surface area (Å²) in [5.41, 5.74) is 5.44. The van der Waals surface area contributed by atoms with E-state index in [1.807, 2.05) is 14.1 Å². The third-order valence-corrected chi connectivity index (χ3v) is 1.19. The van der Waals surface area contributed by atoms with Crippen molar-refractivity contribution >= 4 is 11.9 Å². The van der Waals surface area contributed by atoms with Crippen LogP contribution in [0.4, 0.5) is 11.9 Å². The Balaban J connectivity index is 2.98. The smallest absolute Gasteiger partial charge is 0.246 e. The Bertz CT molecular complexity index is 206. The monoisotopic (exact) mass is 141 g/mol. The molecule has 10 heavy (non-hydrogen) atoms. The summed E-state index contributed by atoms with van der Waals surface area (Å²) in [7, 11) is 5.50. The van der Waals surface area contributed by atoms with Crippen LogP contribution in [-0.4, -0.2) is 28.9 Å². The van der Waals surface area contributed by atoms with Gasteiger partial charge in [-0.1, -0.05) is 0 Å². The van der Waals surface area contributed by atoms with Gasteiger partial charge in [-0.3, -0.25) is 0 Å². The van der Waals surface area contributed by atoms with E-state index >= 15 is 0 Å². The minimum absolute atomic E-state index is 0.434. The van der Waals surface area contributed by atoms with Gasteiger partial charge in [-0.25, -0.2) is 4.68 Å². The lowest BCUT2D eigenvalue weighted by atomic mass is 10.8. The number of nitrogen functional groups attached to an aromatic ring is 1. The van der Waals surface area contributed by atoms with E-state index in [2.05, 4.69) is 10.1 Å². The molecule has 0 unspecified atom stereocenters. The van der Waals surface area contributed by atoms with Crippen molar-refractivity contribution < 1.29 is 0 Å². The van der Waals surface area contributed by atoms with Crippen molar-refractivity contribution in [2.24, 2.45) is 7.05 Å². The van der Waals surface area contributed by atoms with E-state index in [1.165, 1.54) is 4.68 Å². The standard InChI is InChI=1S/C5H11N5/c1-9(2)5-7-4(6)10(3)8-5/h1-3H3,(H2,6,7,8). The topological polar surface area (TPSA) is 60.0 Å². The van der Waals surface area contributed by atoms with Crippen LogP contribution in [0.2, 0.25) is 0 Å². The zero-order chi connectivity index (χ0) is 7.72. The van der Waals surface area contributed by atoms with Gasteiger partial charge < -0.3 is 10.6 Å². The van der Waals surface area contributed by atoms with Gasteiger partial charge in [0.15, 0.2) is 0 Å². The highest BCUT2D eigenvalue weighted by molar-refractivity contribution is 5.32. The zero-order valence-electron chi connectivity index (χ0n) is 6.37. The molecule has 0 radical (unpaired) electrons. The molecule has 0 aliphatic heterocycles. The molecule has 0 aromatic carbocycles. The van der Waals surface area contributed by atoms with Crippen LogP contribution in [0, 0.1) is 0 Å². The number of anilines is 2. The Morgan fingerprint density at radius 3 is 2.30 bits per heavy atom. The number of rotatable bonds is 1. The first-order chi connectivity index (χ1) is 4.61. The molecule has 1 aromatic heterocycles. The molecule has 0 fully saturated rings. The summed E-state index contributed by atoms with van der Waals surface area (Å²) in [5.74, 6) is 1.07. The van der Waals surface area contributed by atoms with Crippen molar-refractivity contribution in [3.63, 3.8) is 0 Å². The van der Waals surface area contributed by atoms with Gasteiger partial charge >= 0.3 is 0 Å². The molecule has 0 bridgehead atoms. The summed E-state index contributed by atoms with van der Waals surface area (Å²) in [6, 6.07) is 0. The van der Waals surface area contributed by atoms with Crippen molar-refractivity contribution in [2.75, 3.05) is 24.7 Å². The maximum atomic E-state index is 5.44.